The molecular weight excluding hydrogens is 354 g/mol. The van der Waals surface area contributed by atoms with Crippen LogP contribution in [0.15, 0.2) is 36.4 Å². The molecular formula is C23H29NO4. The van der Waals surface area contributed by atoms with Crippen molar-refractivity contribution in [2.45, 2.75) is 33.2 Å². The molecule has 0 unspecified atom stereocenters. The lowest BCUT2D eigenvalue weighted by Gasteiger charge is -2.29. The molecule has 2 aromatic rings. The number of ether oxygens (including phenoxy) is 3. The zero-order valence-electron chi connectivity index (χ0n) is 17.2. The van der Waals surface area contributed by atoms with Crippen molar-refractivity contribution in [3.05, 3.63) is 53.1 Å². The van der Waals surface area contributed by atoms with Crippen molar-refractivity contribution in [2.24, 2.45) is 5.92 Å². The lowest BCUT2D eigenvalue weighted by atomic mass is 9.98. The number of fused-ring (bicyclic) bond motifs is 1. The van der Waals surface area contributed by atoms with Gasteiger partial charge in [-0.25, -0.2) is 0 Å². The Morgan fingerprint density at radius 2 is 1.86 bits per heavy atom. The van der Waals surface area contributed by atoms with Crippen molar-refractivity contribution in [2.75, 3.05) is 27.4 Å². The van der Waals surface area contributed by atoms with E-state index in [0.29, 0.717) is 42.7 Å². The molecule has 3 rings (SSSR count). The van der Waals surface area contributed by atoms with E-state index in [-0.39, 0.29) is 5.91 Å². The molecule has 1 heterocycles. The maximum atomic E-state index is 13.0. The van der Waals surface area contributed by atoms with Crippen molar-refractivity contribution in [3.63, 3.8) is 0 Å². The van der Waals surface area contributed by atoms with Gasteiger partial charge in [0.05, 0.1) is 20.8 Å². The average Bonchev–Trinajstić information content (AvgIpc) is 2.72. The van der Waals surface area contributed by atoms with Gasteiger partial charge in [0.25, 0.3) is 5.91 Å². The Morgan fingerprint density at radius 3 is 2.57 bits per heavy atom. The Morgan fingerprint density at radius 1 is 1.04 bits per heavy atom. The minimum Gasteiger partial charge on any atom is -0.497 e. The first-order valence-electron chi connectivity index (χ1n) is 9.77. The summed E-state index contributed by atoms with van der Waals surface area (Å²) in [5.41, 5.74) is 3.02. The monoisotopic (exact) mass is 383 g/mol. The number of benzene rings is 2. The molecule has 0 saturated heterocycles. The van der Waals surface area contributed by atoms with Crippen molar-refractivity contribution in [3.8, 4) is 17.2 Å². The van der Waals surface area contributed by atoms with Gasteiger partial charge in [-0.2, -0.15) is 0 Å². The second kappa shape index (κ2) is 9.00. The highest BCUT2D eigenvalue weighted by atomic mass is 16.5. The van der Waals surface area contributed by atoms with E-state index in [0.717, 1.165) is 24.2 Å². The van der Waals surface area contributed by atoms with E-state index in [1.807, 2.05) is 29.2 Å². The second-order valence-corrected chi connectivity index (χ2v) is 7.51. The zero-order valence-corrected chi connectivity index (χ0v) is 17.2. The SMILES string of the molecule is COc1ccc2c(c1)CN(C(=O)c1ccc(OCCC(C)C)c(OC)c1)CC2. The van der Waals surface area contributed by atoms with Gasteiger partial charge in [0, 0.05) is 18.7 Å². The van der Waals surface area contributed by atoms with Crippen LogP contribution < -0.4 is 14.2 Å². The van der Waals surface area contributed by atoms with Crippen LogP contribution >= 0.6 is 0 Å². The third-order valence-electron chi connectivity index (χ3n) is 5.08. The maximum Gasteiger partial charge on any atom is 0.254 e. The number of carbonyl (C=O) groups is 1. The van der Waals surface area contributed by atoms with Gasteiger partial charge in [-0.15, -0.1) is 0 Å². The smallest absolute Gasteiger partial charge is 0.254 e. The van der Waals surface area contributed by atoms with Crippen molar-refractivity contribution in [1.29, 1.82) is 0 Å². The molecule has 5 nitrogen and oxygen atoms in total. The van der Waals surface area contributed by atoms with Crippen LogP contribution in [0, 0.1) is 5.92 Å². The first kappa shape index (κ1) is 20.1. The lowest BCUT2D eigenvalue weighted by molar-refractivity contribution is 0.0734. The number of amides is 1. The van der Waals surface area contributed by atoms with Crippen LogP contribution in [0.1, 0.15) is 41.8 Å². The molecule has 1 aliphatic heterocycles. The quantitative estimate of drug-likeness (QED) is 0.714. The van der Waals surface area contributed by atoms with Crippen LogP contribution in [0.5, 0.6) is 17.2 Å². The molecule has 5 heteroatoms. The number of hydrogen-bond acceptors (Lipinski definition) is 4. The maximum absolute atomic E-state index is 13.0. The van der Waals surface area contributed by atoms with Crippen LogP contribution in [0.4, 0.5) is 0 Å². The molecule has 2 aromatic carbocycles. The summed E-state index contributed by atoms with van der Waals surface area (Å²) in [5.74, 6) is 2.66. The van der Waals surface area contributed by atoms with Gasteiger partial charge in [-0.1, -0.05) is 19.9 Å². The molecule has 150 valence electrons. The minimum absolute atomic E-state index is 0.000463. The van der Waals surface area contributed by atoms with Gasteiger partial charge >= 0.3 is 0 Å². The fraction of sp³-hybridized carbons (Fsp3) is 0.435. The Hall–Kier alpha value is -2.69. The highest BCUT2D eigenvalue weighted by Gasteiger charge is 2.23. The van der Waals surface area contributed by atoms with Crippen LogP contribution in [0.3, 0.4) is 0 Å². The van der Waals surface area contributed by atoms with Crippen LogP contribution in [0.25, 0.3) is 0 Å². The Balaban J connectivity index is 1.73. The summed E-state index contributed by atoms with van der Waals surface area (Å²) in [4.78, 5) is 14.9. The largest absolute Gasteiger partial charge is 0.497 e. The van der Waals surface area contributed by atoms with E-state index in [1.165, 1.54) is 5.56 Å². The van der Waals surface area contributed by atoms with Crippen LogP contribution in [0.2, 0.25) is 0 Å². The van der Waals surface area contributed by atoms with Gasteiger partial charge in [0.1, 0.15) is 5.75 Å². The third-order valence-corrected chi connectivity index (χ3v) is 5.08. The molecule has 28 heavy (non-hydrogen) atoms. The van der Waals surface area contributed by atoms with Crippen LogP contribution in [-0.4, -0.2) is 38.2 Å². The molecule has 1 amide bonds. The standard InChI is InChI=1S/C23H29NO4/c1-16(2)10-12-28-21-8-6-18(14-22(21)27-4)23(25)24-11-9-17-5-7-20(26-3)13-19(17)15-24/h5-8,13-14,16H,9-12,15H2,1-4H3. The number of methoxy groups -OCH3 is 2. The summed E-state index contributed by atoms with van der Waals surface area (Å²) >= 11 is 0. The second-order valence-electron chi connectivity index (χ2n) is 7.51. The topological polar surface area (TPSA) is 48.0 Å². The third kappa shape index (κ3) is 4.58. The molecule has 0 spiro atoms. The van der Waals surface area contributed by atoms with Crippen molar-refractivity contribution in [1.82, 2.24) is 4.90 Å². The molecule has 0 saturated carbocycles. The normalized spacial score (nSPS) is 13.2. The zero-order chi connectivity index (χ0) is 20.1. The fourth-order valence-corrected chi connectivity index (χ4v) is 3.34. The van der Waals surface area contributed by atoms with Crippen molar-refractivity contribution < 1.29 is 19.0 Å². The summed E-state index contributed by atoms with van der Waals surface area (Å²) < 4.78 is 16.6. The van der Waals surface area contributed by atoms with Gasteiger partial charge in [0.15, 0.2) is 11.5 Å². The Kier molecular flexibility index (Phi) is 6.45. The summed E-state index contributed by atoms with van der Waals surface area (Å²) in [5, 5.41) is 0. The van der Waals surface area contributed by atoms with Gasteiger partial charge in [-0.3, -0.25) is 4.79 Å². The lowest BCUT2D eigenvalue weighted by Crippen LogP contribution is -2.36. The molecule has 0 atom stereocenters. The average molecular weight is 383 g/mol. The molecule has 1 aliphatic rings. The first-order chi connectivity index (χ1) is 13.5. The van der Waals surface area contributed by atoms with Crippen molar-refractivity contribution >= 4 is 5.91 Å². The summed E-state index contributed by atoms with van der Waals surface area (Å²) in [7, 11) is 3.26. The highest BCUT2D eigenvalue weighted by molar-refractivity contribution is 5.95. The van der Waals surface area contributed by atoms with Gasteiger partial charge in [-0.05, 0) is 60.2 Å². The predicted molar refractivity (Wildman–Crippen MR) is 109 cm³/mol. The van der Waals surface area contributed by atoms with E-state index >= 15 is 0 Å². The van der Waals surface area contributed by atoms with Gasteiger partial charge in [0.2, 0.25) is 0 Å². The first-order valence-corrected chi connectivity index (χ1v) is 9.77. The van der Waals surface area contributed by atoms with E-state index in [1.54, 1.807) is 20.3 Å². The summed E-state index contributed by atoms with van der Waals surface area (Å²) in [6.45, 7) is 6.24. The Labute approximate surface area is 167 Å². The van der Waals surface area contributed by atoms with E-state index in [4.69, 9.17) is 14.2 Å². The summed E-state index contributed by atoms with van der Waals surface area (Å²) in [6, 6.07) is 11.5. The van der Waals surface area contributed by atoms with E-state index in [9.17, 15) is 4.79 Å². The molecule has 0 aliphatic carbocycles. The minimum atomic E-state index is 0.000463. The highest BCUT2D eigenvalue weighted by Crippen LogP contribution is 2.30. The molecule has 0 radical (unpaired) electrons. The fourth-order valence-electron chi connectivity index (χ4n) is 3.34. The molecule has 0 bridgehead atoms. The number of nitrogens with zero attached hydrogens (tertiary/aromatic N) is 1. The number of carbonyl (C=O) groups excluding carboxylic acids is 1. The van der Waals surface area contributed by atoms with Gasteiger partial charge < -0.3 is 19.1 Å². The number of rotatable bonds is 7. The Bertz CT molecular complexity index is 831. The molecule has 0 aromatic heterocycles. The van der Waals surface area contributed by atoms with E-state index < -0.39 is 0 Å². The summed E-state index contributed by atoms with van der Waals surface area (Å²) in [6.07, 6.45) is 1.82. The predicted octanol–water partition coefficient (Wildman–Crippen LogP) is 4.33. The van der Waals surface area contributed by atoms with Crippen LogP contribution in [-0.2, 0) is 13.0 Å². The number of hydrogen-bond donors (Lipinski definition) is 0. The molecule has 0 N–H and O–H groups in total. The molecule has 0 fully saturated rings. The van der Waals surface area contributed by atoms with E-state index in [2.05, 4.69) is 19.9 Å².